The van der Waals surface area contributed by atoms with Gasteiger partial charge in [-0.3, -0.25) is 4.90 Å². The zero-order valence-electron chi connectivity index (χ0n) is 9.84. The van der Waals surface area contributed by atoms with Crippen LogP contribution in [0, 0.1) is 0 Å². The van der Waals surface area contributed by atoms with E-state index in [1.807, 2.05) is 37.3 Å². The molecule has 1 saturated carbocycles. The van der Waals surface area contributed by atoms with Gasteiger partial charge in [0.25, 0.3) is 0 Å². The van der Waals surface area contributed by atoms with Crippen LogP contribution in [-0.2, 0) is 6.54 Å². The van der Waals surface area contributed by atoms with Gasteiger partial charge < -0.3 is 10.2 Å². The molecule has 1 aliphatic carbocycles. The van der Waals surface area contributed by atoms with Gasteiger partial charge in [0.05, 0.1) is 6.10 Å². The topological polar surface area (TPSA) is 60.8 Å². The fourth-order valence-corrected chi connectivity index (χ4v) is 2.43. The average Bonchev–Trinajstić information content (AvgIpc) is 2.25. The molecular formula is C13H17NO3. The molecular weight excluding hydrogens is 218 g/mol. The molecule has 92 valence electrons. The molecule has 1 fully saturated rings. The molecule has 4 heteroatoms. The van der Waals surface area contributed by atoms with Gasteiger partial charge >= 0.3 is 6.09 Å². The lowest BCUT2D eigenvalue weighted by Crippen LogP contribution is -2.58. The summed E-state index contributed by atoms with van der Waals surface area (Å²) < 4.78 is 0. The highest BCUT2D eigenvalue weighted by Gasteiger charge is 2.46. The number of hydrogen-bond acceptors (Lipinski definition) is 2. The normalized spacial score (nSPS) is 27.3. The molecule has 0 aromatic heterocycles. The Kier molecular flexibility index (Phi) is 3.07. The molecule has 0 radical (unpaired) electrons. The summed E-state index contributed by atoms with van der Waals surface area (Å²) in [5, 5.41) is 18.6. The van der Waals surface area contributed by atoms with Gasteiger partial charge in [0, 0.05) is 12.1 Å². The Morgan fingerprint density at radius 2 is 2.00 bits per heavy atom. The lowest BCUT2D eigenvalue weighted by molar-refractivity contribution is -0.0552. The molecule has 0 unspecified atom stereocenters. The van der Waals surface area contributed by atoms with Crippen LogP contribution < -0.4 is 0 Å². The molecule has 0 bridgehead atoms. The van der Waals surface area contributed by atoms with Crippen molar-refractivity contribution < 1.29 is 15.0 Å². The highest BCUT2D eigenvalue weighted by Crippen LogP contribution is 2.38. The van der Waals surface area contributed by atoms with Crippen LogP contribution in [-0.4, -0.2) is 32.8 Å². The number of aliphatic hydroxyl groups is 1. The van der Waals surface area contributed by atoms with Crippen LogP contribution >= 0.6 is 0 Å². The molecule has 1 aromatic rings. The van der Waals surface area contributed by atoms with Crippen LogP contribution in [0.15, 0.2) is 30.3 Å². The smallest absolute Gasteiger partial charge is 0.408 e. The molecule has 2 N–H and O–H groups in total. The van der Waals surface area contributed by atoms with Gasteiger partial charge in [0.1, 0.15) is 0 Å². The van der Waals surface area contributed by atoms with Crippen molar-refractivity contribution in [2.45, 2.75) is 38.0 Å². The molecule has 2 rings (SSSR count). The fourth-order valence-electron chi connectivity index (χ4n) is 2.43. The largest absolute Gasteiger partial charge is 0.465 e. The summed E-state index contributed by atoms with van der Waals surface area (Å²) in [5.41, 5.74) is 0.540. The zero-order valence-corrected chi connectivity index (χ0v) is 9.84. The molecule has 1 amide bonds. The number of carboxylic acid groups (broad SMARTS) is 1. The van der Waals surface area contributed by atoms with Crippen LogP contribution in [0.1, 0.15) is 25.3 Å². The molecule has 0 atom stereocenters. The number of carbonyl (C=O) groups is 1. The number of nitrogens with zero attached hydrogens (tertiary/aromatic N) is 1. The maximum Gasteiger partial charge on any atom is 0.408 e. The first-order chi connectivity index (χ1) is 8.01. The second-order valence-corrected chi connectivity index (χ2v) is 4.91. The van der Waals surface area contributed by atoms with Crippen molar-refractivity contribution in [2.24, 2.45) is 0 Å². The summed E-state index contributed by atoms with van der Waals surface area (Å²) in [7, 11) is 0. The number of rotatable bonds is 3. The van der Waals surface area contributed by atoms with E-state index in [0.717, 1.165) is 5.56 Å². The number of benzene rings is 1. The lowest BCUT2D eigenvalue weighted by atomic mass is 9.74. The Bertz CT molecular complexity index is 398. The summed E-state index contributed by atoms with van der Waals surface area (Å²) in [6, 6.07) is 9.52. The number of hydrogen-bond donors (Lipinski definition) is 2. The van der Waals surface area contributed by atoms with E-state index >= 15 is 0 Å². The quantitative estimate of drug-likeness (QED) is 0.843. The van der Waals surface area contributed by atoms with E-state index in [-0.39, 0.29) is 6.10 Å². The van der Waals surface area contributed by atoms with Crippen LogP contribution in [0.3, 0.4) is 0 Å². The van der Waals surface area contributed by atoms with Gasteiger partial charge in [-0.25, -0.2) is 4.79 Å². The third kappa shape index (κ3) is 2.42. The molecule has 17 heavy (non-hydrogen) atoms. The van der Waals surface area contributed by atoms with Gasteiger partial charge in [0.2, 0.25) is 0 Å². The molecule has 0 spiro atoms. The van der Waals surface area contributed by atoms with Gasteiger partial charge in [-0.15, -0.1) is 0 Å². The van der Waals surface area contributed by atoms with E-state index in [1.54, 1.807) is 0 Å². The molecule has 1 aromatic carbocycles. The van der Waals surface area contributed by atoms with E-state index < -0.39 is 11.6 Å². The first-order valence-corrected chi connectivity index (χ1v) is 5.74. The third-order valence-electron chi connectivity index (χ3n) is 3.42. The predicted molar refractivity (Wildman–Crippen MR) is 63.7 cm³/mol. The SMILES string of the molecule is C[C@]1(N(Cc2ccccc2)C(=O)O)C[C@@H](O)C1. The van der Waals surface area contributed by atoms with Gasteiger partial charge in [-0.1, -0.05) is 30.3 Å². The summed E-state index contributed by atoms with van der Waals surface area (Å²) >= 11 is 0. The van der Waals surface area contributed by atoms with Crippen molar-refractivity contribution >= 4 is 6.09 Å². The third-order valence-corrected chi connectivity index (χ3v) is 3.42. The Morgan fingerprint density at radius 1 is 1.41 bits per heavy atom. The second-order valence-electron chi connectivity index (χ2n) is 4.91. The van der Waals surface area contributed by atoms with Crippen LogP contribution in [0.2, 0.25) is 0 Å². The van der Waals surface area contributed by atoms with Crippen molar-refractivity contribution in [1.82, 2.24) is 4.90 Å². The Hall–Kier alpha value is -1.55. The van der Waals surface area contributed by atoms with Crippen LogP contribution in [0.5, 0.6) is 0 Å². The van der Waals surface area contributed by atoms with E-state index in [4.69, 9.17) is 0 Å². The zero-order chi connectivity index (χ0) is 12.5. The monoisotopic (exact) mass is 235 g/mol. The highest BCUT2D eigenvalue weighted by molar-refractivity contribution is 5.66. The highest BCUT2D eigenvalue weighted by atomic mass is 16.4. The minimum Gasteiger partial charge on any atom is -0.465 e. The van der Waals surface area contributed by atoms with Crippen molar-refractivity contribution in [3.05, 3.63) is 35.9 Å². The van der Waals surface area contributed by atoms with Crippen molar-refractivity contribution in [1.29, 1.82) is 0 Å². The molecule has 4 nitrogen and oxygen atoms in total. The molecule has 0 heterocycles. The summed E-state index contributed by atoms with van der Waals surface area (Å²) in [6.45, 7) is 2.26. The van der Waals surface area contributed by atoms with Gasteiger partial charge in [-0.2, -0.15) is 0 Å². The molecule has 1 aliphatic rings. The Labute approximate surface area is 100 Å². The predicted octanol–water partition coefficient (Wildman–Crippen LogP) is 2.08. The molecule has 0 saturated heterocycles. The van der Waals surface area contributed by atoms with Crippen molar-refractivity contribution in [3.63, 3.8) is 0 Å². The van der Waals surface area contributed by atoms with E-state index in [9.17, 15) is 15.0 Å². The number of amides is 1. The van der Waals surface area contributed by atoms with Crippen molar-refractivity contribution in [2.75, 3.05) is 0 Å². The standard InChI is InChI=1S/C13H17NO3/c1-13(7-11(15)8-13)14(12(16)17)9-10-5-3-2-4-6-10/h2-6,11,15H,7-9H2,1H3,(H,16,17)/t11-,13+. The van der Waals surface area contributed by atoms with Crippen molar-refractivity contribution in [3.8, 4) is 0 Å². The van der Waals surface area contributed by atoms with Gasteiger partial charge in [0.15, 0.2) is 0 Å². The van der Waals surface area contributed by atoms with Gasteiger partial charge in [-0.05, 0) is 25.3 Å². The lowest BCUT2D eigenvalue weighted by Gasteiger charge is -2.49. The van der Waals surface area contributed by atoms with Crippen LogP contribution in [0.4, 0.5) is 4.79 Å². The van der Waals surface area contributed by atoms with Crippen LogP contribution in [0.25, 0.3) is 0 Å². The molecule has 0 aliphatic heterocycles. The first kappa shape index (κ1) is 11.9. The van der Waals surface area contributed by atoms with E-state index in [1.165, 1.54) is 4.90 Å². The maximum atomic E-state index is 11.3. The number of aliphatic hydroxyl groups excluding tert-OH is 1. The second kappa shape index (κ2) is 4.37. The summed E-state index contributed by atoms with van der Waals surface area (Å²) in [6.07, 6.45) is -0.251. The Balaban J connectivity index is 2.11. The minimum atomic E-state index is -0.928. The fraction of sp³-hybridized carbons (Fsp3) is 0.462. The summed E-state index contributed by atoms with van der Waals surface area (Å²) in [4.78, 5) is 12.7. The first-order valence-electron chi connectivity index (χ1n) is 5.74. The minimum absolute atomic E-state index is 0.363. The average molecular weight is 235 g/mol. The van der Waals surface area contributed by atoms with E-state index in [2.05, 4.69) is 0 Å². The Morgan fingerprint density at radius 3 is 2.47 bits per heavy atom. The summed E-state index contributed by atoms with van der Waals surface area (Å²) in [5.74, 6) is 0. The maximum absolute atomic E-state index is 11.3. The van der Waals surface area contributed by atoms with E-state index in [0.29, 0.717) is 19.4 Å².